The highest BCUT2D eigenvalue weighted by atomic mass is 16.3. The van der Waals surface area contributed by atoms with Crippen LogP contribution in [0.15, 0.2) is 36.5 Å². The monoisotopic (exact) mass is 242 g/mol. The maximum Gasteiger partial charge on any atom is 0.0959 e. The fraction of sp³-hybridized carbons (Fsp3) is 0.333. The van der Waals surface area contributed by atoms with E-state index in [-0.39, 0.29) is 6.73 Å². The number of hydrogen-bond acceptors (Lipinski definition) is 2. The molecule has 1 aliphatic heterocycles. The molecule has 1 N–H and O–H groups in total. The summed E-state index contributed by atoms with van der Waals surface area (Å²) in [5.41, 5.74) is 4.01. The van der Waals surface area contributed by atoms with Crippen molar-refractivity contribution in [2.75, 3.05) is 19.8 Å². The average molecular weight is 242 g/mol. The fourth-order valence-corrected chi connectivity index (χ4v) is 2.68. The summed E-state index contributed by atoms with van der Waals surface area (Å²) < 4.78 is 2.18. The van der Waals surface area contributed by atoms with Crippen LogP contribution in [0.2, 0.25) is 0 Å². The van der Waals surface area contributed by atoms with Crippen LogP contribution in [0, 0.1) is 0 Å². The van der Waals surface area contributed by atoms with Crippen LogP contribution in [0.5, 0.6) is 0 Å². The molecule has 94 valence electrons. The van der Waals surface area contributed by atoms with Crippen LogP contribution in [-0.4, -0.2) is 34.4 Å². The maximum atomic E-state index is 9.12. The lowest BCUT2D eigenvalue weighted by atomic mass is 9.99. The van der Waals surface area contributed by atoms with Crippen molar-refractivity contribution in [3.63, 3.8) is 0 Å². The molecule has 0 saturated heterocycles. The first-order valence-corrected chi connectivity index (χ1v) is 6.36. The van der Waals surface area contributed by atoms with E-state index in [1.165, 1.54) is 22.0 Å². The molecule has 2 aromatic rings. The molecule has 0 radical (unpaired) electrons. The third kappa shape index (κ3) is 1.85. The Labute approximate surface area is 107 Å². The van der Waals surface area contributed by atoms with Crippen molar-refractivity contribution in [2.45, 2.75) is 6.42 Å². The van der Waals surface area contributed by atoms with E-state index < -0.39 is 0 Å². The van der Waals surface area contributed by atoms with Crippen LogP contribution in [0.25, 0.3) is 16.5 Å². The Morgan fingerprint density at radius 2 is 2.11 bits per heavy atom. The SMILES string of the molecule is Cn1cc(C2=CCN(CO)CC2)c2ccccc21. The van der Waals surface area contributed by atoms with Crippen molar-refractivity contribution < 1.29 is 5.11 Å². The Kier molecular flexibility index (Phi) is 2.94. The second kappa shape index (κ2) is 4.59. The van der Waals surface area contributed by atoms with Gasteiger partial charge in [-0.3, -0.25) is 4.90 Å². The largest absolute Gasteiger partial charge is 0.381 e. The Balaban J connectivity index is 2.03. The number of aliphatic hydroxyl groups excluding tert-OH is 1. The Hall–Kier alpha value is -1.58. The molecule has 0 unspecified atom stereocenters. The van der Waals surface area contributed by atoms with E-state index in [1.54, 1.807) is 0 Å². The fourth-order valence-electron chi connectivity index (χ4n) is 2.68. The zero-order valence-electron chi connectivity index (χ0n) is 10.6. The number of aliphatic hydroxyl groups is 1. The minimum Gasteiger partial charge on any atom is -0.381 e. The van der Waals surface area contributed by atoms with E-state index in [2.05, 4.69) is 48.2 Å². The van der Waals surface area contributed by atoms with Crippen LogP contribution in [0.4, 0.5) is 0 Å². The van der Waals surface area contributed by atoms with Gasteiger partial charge >= 0.3 is 0 Å². The van der Waals surface area contributed by atoms with Crippen molar-refractivity contribution in [1.29, 1.82) is 0 Å². The molecule has 2 heterocycles. The van der Waals surface area contributed by atoms with Gasteiger partial charge in [0.15, 0.2) is 0 Å². The highest BCUT2D eigenvalue weighted by Crippen LogP contribution is 2.30. The molecule has 0 bridgehead atoms. The predicted octanol–water partition coefficient (Wildman–Crippen LogP) is 2.22. The molecule has 0 atom stereocenters. The van der Waals surface area contributed by atoms with Crippen molar-refractivity contribution in [3.8, 4) is 0 Å². The number of fused-ring (bicyclic) bond motifs is 1. The molecule has 0 fully saturated rings. The summed E-state index contributed by atoms with van der Waals surface area (Å²) in [7, 11) is 2.09. The van der Waals surface area contributed by atoms with E-state index in [9.17, 15) is 0 Å². The molecule has 0 aliphatic carbocycles. The summed E-state index contributed by atoms with van der Waals surface area (Å²) >= 11 is 0. The van der Waals surface area contributed by atoms with E-state index in [1.807, 2.05) is 4.90 Å². The van der Waals surface area contributed by atoms with Gasteiger partial charge in [-0.15, -0.1) is 0 Å². The van der Waals surface area contributed by atoms with Crippen molar-refractivity contribution >= 4 is 16.5 Å². The topological polar surface area (TPSA) is 28.4 Å². The van der Waals surface area contributed by atoms with Gasteiger partial charge in [0.2, 0.25) is 0 Å². The normalized spacial score (nSPS) is 17.1. The van der Waals surface area contributed by atoms with E-state index in [4.69, 9.17) is 5.11 Å². The zero-order chi connectivity index (χ0) is 12.5. The molecule has 0 spiro atoms. The second-order valence-corrected chi connectivity index (χ2v) is 4.87. The highest BCUT2D eigenvalue weighted by Gasteiger charge is 2.15. The molecule has 3 nitrogen and oxygen atoms in total. The smallest absolute Gasteiger partial charge is 0.0959 e. The van der Waals surface area contributed by atoms with Crippen molar-refractivity contribution in [3.05, 3.63) is 42.1 Å². The Morgan fingerprint density at radius 1 is 1.28 bits per heavy atom. The molecular formula is C15H18N2O. The molecular weight excluding hydrogens is 224 g/mol. The van der Waals surface area contributed by atoms with Crippen LogP contribution < -0.4 is 0 Å². The quantitative estimate of drug-likeness (QED) is 0.874. The minimum atomic E-state index is 0.152. The van der Waals surface area contributed by atoms with Crippen LogP contribution in [-0.2, 0) is 7.05 Å². The first-order chi connectivity index (χ1) is 8.79. The summed E-state index contributed by atoms with van der Waals surface area (Å²) in [6, 6.07) is 8.51. The van der Waals surface area contributed by atoms with Crippen LogP contribution >= 0.6 is 0 Å². The van der Waals surface area contributed by atoms with Crippen molar-refractivity contribution in [1.82, 2.24) is 9.47 Å². The van der Waals surface area contributed by atoms with Gasteiger partial charge in [-0.2, -0.15) is 0 Å². The predicted molar refractivity (Wildman–Crippen MR) is 74.2 cm³/mol. The van der Waals surface area contributed by atoms with E-state index in [0.717, 1.165) is 19.5 Å². The molecule has 3 rings (SSSR count). The summed E-state index contributed by atoms with van der Waals surface area (Å²) in [6.45, 7) is 1.93. The number of rotatable bonds is 2. The van der Waals surface area contributed by atoms with Crippen LogP contribution in [0.3, 0.4) is 0 Å². The van der Waals surface area contributed by atoms with Crippen molar-refractivity contribution in [2.24, 2.45) is 7.05 Å². The second-order valence-electron chi connectivity index (χ2n) is 4.87. The van der Waals surface area contributed by atoms with Gasteiger partial charge in [0, 0.05) is 42.8 Å². The van der Waals surface area contributed by atoms with Gasteiger partial charge in [0.25, 0.3) is 0 Å². The average Bonchev–Trinajstić information content (AvgIpc) is 2.77. The maximum absolute atomic E-state index is 9.12. The summed E-state index contributed by atoms with van der Waals surface area (Å²) in [6.07, 6.45) is 5.46. The Morgan fingerprint density at radius 3 is 2.83 bits per heavy atom. The van der Waals surface area contributed by atoms with Gasteiger partial charge in [-0.05, 0) is 18.1 Å². The van der Waals surface area contributed by atoms with Gasteiger partial charge in [0.05, 0.1) is 6.73 Å². The summed E-state index contributed by atoms with van der Waals surface area (Å²) in [5, 5.41) is 10.4. The highest BCUT2D eigenvalue weighted by molar-refractivity contribution is 5.93. The molecule has 0 saturated carbocycles. The molecule has 1 aromatic carbocycles. The molecule has 3 heteroatoms. The number of aryl methyl sites for hydroxylation is 1. The third-order valence-electron chi connectivity index (χ3n) is 3.74. The number of hydrogen-bond donors (Lipinski definition) is 1. The summed E-state index contributed by atoms with van der Waals surface area (Å²) in [4.78, 5) is 2.04. The standard InChI is InChI=1S/C15H18N2O/c1-16-10-14(13-4-2-3-5-15(13)16)12-6-8-17(11-18)9-7-12/h2-6,10,18H,7-9,11H2,1H3. The summed E-state index contributed by atoms with van der Waals surface area (Å²) in [5.74, 6) is 0. The first-order valence-electron chi connectivity index (χ1n) is 6.36. The van der Waals surface area contributed by atoms with Gasteiger partial charge in [0.1, 0.15) is 0 Å². The van der Waals surface area contributed by atoms with Gasteiger partial charge in [-0.25, -0.2) is 0 Å². The number of para-hydroxylation sites is 1. The zero-order valence-corrected chi connectivity index (χ0v) is 10.6. The third-order valence-corrected chi connectivity index (χ3v) is 3.74. The van der Waals surface area contributed by atoms with E-state index >= 15 is 0 Å². The van der Waals surface area contributed by atoms with Crippen LogP contribution in [0.1, 0.15) is 12.0 Å². The molecule has 18 heavy (non-hydrogen) atoms. The lowest BCUT2D eigenvalue weighted by molar-refractivity contribution is 0.118. The molecule has 0 amide bonds. The Bertz CT molecular complexity index is 598. The minimum absolute atomic E-state index is 0.152. The molecule has 1 aliphatic rings. The number of aromatic nitrogens is 1. The van der Waals surface area contributed by atoms with E-state index in [0.29, 0.717) is 0 Å². The van der Waals surface area contributed by atoms with Gasteiger partial charge < -0.3 is 9.67 Å². The number of nitrogens with zero attached hydrogens (tertiary/aromatic N) is 2. The first kappa shape index (κ1) is 11.5. The molecule has 1 aromatic heterocycles. The lowest BCUT2D eigenvalue weighted by Gasteiger charge is -2.23. The van der Waals surface area contributed by atoms with Gasteiger partial charge in [-0.1, -0.05) is 24.3 Å². The number of benzene rings is 1. The lowest BCUT2D eigenvalue weighted by Crippen LogP contribution is -2.29.